The third kappa shape index (κ3) is 4.39. The molecule has 0 unspecified atom stereocenters. The third-order valence-electron chi connectivity index (χ3n) is 5.76. The zero-order valence-electron chi connectivity index (χ0n) is 16.5. The van der Waals surface area contributed by atoms with Gasteiger partial charge in [-0.25, -0.2) is 0 Å². The molecule has 0 aliphatic carbocycles. The van der Waals surface area contributed by atoms with Crippen LogP contribution in [0.2, 0.25) is 0 Å². The van der Waals surface area contributed by atoms with Crippen molar-refractivity contribution < 1.29 is 9.53 Å². The quantitative estimate of drug-likeness (QED) is 0.765. The maximum atomic E-state index is 12.6. The molecule has 8 heteroatoms. The number of piperidine rings is 1. The molecule has 2 aromatic heterocycles. The van der Waals surface area contributed by atoms with Gasteiger partial charge in [0.2, 0.25) is 5.91 Å². The smallest absolute Gasteiger partial charge is 0.227 e. The largest absolute Gasteiger partial charge is 0.379 e. The summed E-state index contributed by atoms with van der Waals surface area (Å²) in [5.41, 5.74) is 0.968. The SMILES string of the molecule is Cn1c(CN2CCOCC2)nnc1C1CCN(C(=O)Cc2cccnc2)CC1. The van der Waals surface area contributed by atoms with Crippen molar-refractivity contribution in [1.29, 1.82) is 0 Å². The van der Waals surface area contributed by atoms with Crippen LogP contribution < -0.4 is 0 Å². The van der Waals surface area contributed by atoms with Crippen LogP contribution in [0.5, 0.6) is 0 Å². The number of likely N-dealkylation sites (tertiary alicyclic amines) is 1. The predicted octanol–water partition coefficient (Wildman–Crippen LogP) is 0.991. The Labute approximate surface area is 165 Å². The lowest BCUT2D eigenvalue weighted by Gasteiger charge is -2.31. The third-order valence-corrected chi connectivity index (χ3v) is 5.76. The first-order chi connectivity index (χ1) is 13.7. The topological polar surface area (TPSA) is 76.4 Å². The number of aromatic nitrogens is 4. The molecule has 2 aliphatic rings. The predicted molar refractivity (Wildman–Crippen MR) is 104 cm³/mol. The molecular formula is C20H28N6O2. The molecule has 28 heavy (non-hydrogen) atoms. The van der Waals surface area contributed by atoms with Crippen molar-refractivity contribution in [2.75, 3.05) is 39.4 Å². The summed E-state index contributed by atoms with van der Waals surface area (Å²) in [6.45, 7) is 5.83. The van der Waals surface area contributed by atoms with Gasteiger partial charge < -0.3 is 14.2 Å². The van der Waals surface area contributed by atoms with Crippen molar-refractivity contribution in [3.05, 3.63) is 41.7 Å². The van der Waals surface area contributed by atoms with Gasteiger partial charge in [-0.3, -0.25) is 14.7 Å². The van der Waals surface area contributed by atoms with Gasteiger partial charge in [0.1, 0.15) is 11.6 Å². The molecule has 0 bridgehead atoms. The number of ether oxygens (including phenoxy) is 1. The Morgan fingerprint density at radius 3 is 2.68 bits per heavy atom. The van der Waals surface area contributed by atoms with E-state index < -0.39 is 0 Å². The summed E-state index contributed by atoms with van der Waals surface area (Å²) in [4.78, 5) is 21.0. The second-order valence-electron chi connectivity index (χ2n) is 7.62. The normalized spacial score (nSPS) is 19.1. The Morgan fingerprint density at radius 1 is 1.18 bits per heavy atom. The number of pyridine rings is 1. The number of carbonyl (C=O) groups is 1. The minimum absolute atomic E-state index is 0.178. The van der Waals surface area contributed by atoms with Gasteiger partial charge in [-0.1, -0.05) is 6.07 Å². The molecule has 2 saturated heterocycles. The number of rotatable bonds is 5. The number of nitrogens with zero attached hydrogens (tertiary/aromatic N) is 6. The van der Waals surface area contributed by atoms with Crippen molar-refractivity contribution >= 4 is 5.91 Å². The standard InChI is InChI=1S/C20H28N6O2/c1-24-18(15-25-9-11-28-12-10-25)22-23-20(24)17-4-7-26(8-5-17)19(27)13-16-3-2-6-21-14-16/h2-3,6,14,17H,4-5,7-13,15H2,1H3. The van der Waals surface area contributed by atoms with E-state index in [1.807, 2.05) is 17.0 Å². The Bertz CT molecular complexity index is 779. The zero-order valence-corrected chi connectivity index (χ0v) is 16.5. The molecule has 4 heterocycles. The Morgan fingerprint density at radius 2 is 1.96 bits per heavy atom. The molecule has 0 atom stereocenters. The first kappa shape index (κ1) is 19.0. The molecule has 0 saturated carbocycles. The van der Waals surface area contributed by atoms with E-state index in [2.05, 4.69) is 31.7 Å². The van der Waals surface area contributed by atoms with Gasteiger partial charge in [0.05, 0.1) is 26.2 Å². The summed E-state index contributed by atoms with van der Waals surface area (Å²) in [5.74, 6) is 2.59. The molecule has 8 nitrogen and oxygen atoms in total. The van der Waals surface area contributed by atoms with Crippen LogP contribution in [0.4, 0.5) is 0 Å². The maximum absolute atomic E-state index is 12.6. The molecule has 0 spiro atoms. The van der Waals surface area contributed by atoms with E-state index in [-0.39, 0.29) is 5.91 Å². The minimum Gasteiger partial charge on any atom is -0.379 e. The van der Waals surface area contributed by atoms with Gasteiger partial charge in [0.25, 0.3) is 0 Å². The average molecular weight is 384 g/mol. The highest BCUT2D eigenvalue weighted by Crippen LogP contribution is 2.27. The molecule has 1 amide bonds. The Kier molecular flexibility index (Phi) is 5.97. The highest BCUT2D eigenvalue weighted by Gasteiger charge is 2.27. The zero-order chi connectivity index (χ0) is 19.3. The van der Waals surface area contributed by atoms with Crippen LogP contribution in [0.25, 0.3) is 0 Å². The maximum Gasteiger partial charge on any atom is 0.227 e. The van der Waals surface area contributed by atoms with Crippen LogP contribution >= 0.6 is 0 Å². The summed E-state index contributed by atoms with van der Waals surface area (Å²) in [7, 11) is 2.06. The van der Waals surface area contributed by atoms with Gasteiger partial charge in [-0.15, -0.1) is 10.2 Å². The van der Waals surface area contributed by atoms with E-state index in [1.54, 1.807) is 12.4 Å². The van der Waals surface area contributed by atoms with Crippen molar-refractivity contribution in [1.82, 2.24) is 29.5 Å². The number of amides is 1. The van der Waals surface area contributed by atoms with Crippen molar-refractivity contribution in [2.24, 2.45) is 7.05 Å². The summed E-state index contributed by atoms with van der Waals surface area (Å²) in [6, 6.07) is 3.82. The molecule has 2 aliphatic heterocycles. The van der Waals surface area contributed by atoms with Gasteiger partial charge in [-0.2, -0.15) is 0 Å². The van der Waals surface area contributed by atoms with Gasteiger partial charge in [0.15, 0.2) is 0 Å². The Hall–Kier alpha value is -2.32. The molecule has 4 rings (SSSR count). The second-order valence-corrected chi connectivity index (χ2v) is 7.62. The number of hydrogen-bond donors (Lipinski definition) is 0. The molecule has 0 N–H and O–H groups in total. The molecule has 0 radical (unpaired) electrons. The van der Waals surface area contributed by atoms with Crippen molar-refractivity contribution in [3.63, 3.8) is 0 Å². The fourth-order valence-electron chi connectivity index (χ4n) is 4.00. The van der Waals surface area contributed by atoms with E-state index in [1.165, 1.54) is 0 Å². The van der Waals surface area contributed by atoms with E-state index in [4.69, 9.17) is 4.74 Å². The van der Waals surface area contributed by atoms with Crippen LogP contribution in [-0.4, -0.2) is 74.8 Å². The second kappa shape index (κ2) is 8.79. The van der Waals surface area contributed by atoms with E-state index >= 15 is 0 Å². The van der Waals surface area contributed by atoms with Crippen LogP contribution in [0.3, 0.4) is 0 Å². The molecule has 150 valence electrons. The summed E-state index contributed by atoms with van der Waals surface area (Å²) in [6.07, 6.45) is 5.78. The molecule has 2 fully saturated rings. The van der Waals surface area contributed by atoms with Crippen LogP contribution in [-0.2, 0) is 29.5 Å². The van der Waals surface area contributed by atoms with Gasteiger partial charge in [0, 0.05) is 51.5 Å². The van der Waals surface area contributed by atoms with E-state index in [0.29, 0.717) is 12.3 Å². The average Bonchev–Trinajstić information content (AvgIpc) is 3.10. The lowest BCUT2D eigenvalue weighted by atomic mass is 9.95. The van der Waals surface area contributed by atoms with E-state index in [9.17, 15) is 4.79 Å². The summed E-state index contributed by atoms with van der Waals surface area (Å²) in [5, 5.41) is 8.92. The molecular weight excluding hydrogens is 356 g/mol. The lowest BCUT2D eigenvalue weighted by molar-refractivity contribution is -0.131. The van der Waals surface area contributed by atoms with E-state index in [0.717, 1.165) is 76.0 Å². The van der Waals surface area contributed by atoms with Crippen molar-refractivity contribution in [3.8, 4) is 0 Å². The monoisotopic (exact) mass is 384 g/mol. The minimum atomic E-state index is 0.178. The molecule has 0 aromatic carbocycles. The first-order valence-corrected chi connectivity index (χ1v) is 10.1. The Balaban J connectivity index is 1.31. The van der Waals surface area contributed by atoms with Gasteiger partial charge in [-0.05, 0) is 24.5 Å². The fraction of sp³-hybridized carbons (Fsp3) is 0.600. The van der Waals surface area contributed by atoms with Crippen molar-refractivity contribution in [2.45, 2.75) is 31.7 Å². The highest BCUT2D eigenvalue weighted by molar-refractivity contribution is 5.78. The van der Waals surface area contributed by atoms with Crippen LogP contribution in [0, 0.1) is 0 Å². The number of hydrogen-bond acceptors (Lipinski definition) is 6. The van der Waals surface area contributed by atoms with Gasteiger partial charge >= 0.3 is 0 Å². The summed E-state index contributed by atoms with van der Waals surface area (Å²) >= 11 is 0. The first-order valence-electron chi connectivity index (χ1n) is 10.1. The fourth-order valence-corrected chi connectivity index (χ4v) is 4.00. The number of morpholine rings is 1. The molecule has 2 aromatic rings. The lowest BCUT2D eigenvalue weighted by Crippen LogP contribution is -2.39. The summed E-state index contributed by atoms with van der Waals surface area (Å²) < 4.78 is 7.56. The number of carbonyl (C=O) groups excluding carboxylic acids is 1. The van der Waals surface area contributed by atoms with Crippen LogP contribution in [0.1, 0.15) is 36.0 Å². The highest BCUT2D eigenvalue weighted by atomic mass is 16.5. The van der Waals surface area contributed by atoms with Crippen LogP contribution in [0.15, 0.2) is 24.5 Å².